The fraction of sp³-hybridized carbons (Fsp3) is 0.296. The average molecular weight is 477 g/mol. The molecule has 4 rings (SSSR count). The van der Waals surface area contributed by atoms with Gasteiger partial charge in [-0.2, -0.15) is 0 Å². The fourth-order valence-corrected chi connectivity index (χ4v) is 4.23. The lowest BCUT2D eigenvalue weighted by atomic mass is 9.85. The number of hydrogen-bond acceptors (Lipinski definition) is 7. The van der Waals surface area contributed by atoms with Gasteiger partial charge in [0, 0.05) is 5.56 Å². The number of rotatable bonds is 5. The number of aliphatic hydroxyl groups excluding tert-OH is 1. The maximum absolute atomic E-state index is 13.3. The fourth-order valence-electron chi connectivity index (χ4n) is 4.23. The summed E-state index contributed by atoms with van der Waals surface area (Å²) in [6, 6.07) is 11.6. The number of aryl methyl sites for hydroxylation is 1. The topological polar surface area (TPSA) is 102 Å². The summed E-state index contributed by atoms with van der Waals surface area (Å²) < 4.78 is 15.8. The molecule has 0 aliphatic carbocycles. The molecule has 1 fully saturated rings. The summed E-state index contributed by atoms with van der Waals surface area (Å²) in [5, 5.41) is 15.1. The van der Waals surface area contributed by atoms with Crippen molar-refractivity contribution < 1.29 is 28.7 Å². The van der Waals surface area contributed by atoms with E-state index in [4.69, 9.17) is 14.0 Å². The maximum Gasteiger partial charge on any atom is 0.300 e. The number of benzene rings is 2. The number of nitrogens with zero attached hydrogens (tertiary/aromatic N) is 2. The molecule has 1 aliphatic heterocycles. The molecular weight excluding hydrogens is 448 g/mol. The third-order valence-electron chi connectivity index (χ3n) is 6.18. The highest BCUT2D eigenvalue weighted by Gasteiger charge is 2.48. The number of hydrogen-bond donors (Lipinski definition) is 1. The molecule has 1 aliphatic rings. The van der Waals surface area contributed by atoms with Crippen molar-refractivity contribution >= 4 is 23.1 Å². The van der Waals surface area contributed by atoms with E-state index in [1.54, 1.807) is 25.1 Å². The summed E-state index contributed by atoms with van der Waals surface area (Å²) in [7, 11) is 2.98. The van der Waals surface area contributed by atoms with Gasteiger partial charge in [-0.05, 0) is 41.7 Å². The first kappa shape index (κ1) is 24.1. The van der Waals surface area contributed by atoms with Crippen LogP contribution in [0.1, 0.15) is 49.3 Å². The van der Waals surface area contributed by atoms with E-state index in [0.29, 0.717) is 34.1 Å². The van der Waals surface area contributed by atoms with Gasteiger partial charge in [-0.1, -0.05) is 50.2 Å². The lowest BCUT2D eigenvalue weighted by molar-refractivity contribution is -0.132. The van der Waals surface area contributed by atoms with Crippen LogP contribution in [0.2, 0.25) is 0 Å². The van der Waals surface area contributed by atoms with E-state index in [-0.39, 0.29) is 16.7 Å². The summed E-state index contributed by atoms with van der Waals surface area (Å²) in [5.74, 6) is -0.656. The van der Waals surface area contributed by atoms with Crippen LogP contribution in [0, 0.1) is 6.92 Å². The second kappa shape index (κ2) is 8.94. The van der Waals surface area contributed by atoms with Crippen molar-refractivity contribution in [1.82, 2.24) is 5.16 Å². The molecule has 1 amide bonds. The number of carbonyl (C=O) groups is 2. The molecule has 182 valence electrons. The first-order valence-electron chi connectivity index (χ1n) is 11.1. The Morgan fingerprint density at radius 2 is 1.69 bits per heavy atom. The lowest BCUT2D eigenvalue weighted by Crippen LogP contribution is -2.29. The number of Topliss-reactive ketones (excluding diaryl/α,β-unsaturated/α-hetero) is 1. The van der Waals surface area contributed by atoms with Gasteiger partial charge in [0.05, 0.1) is 32.0 Å². The van der Waals surface area contributed by atoms with Crippen LogP contribution in [0.5, 0.6) is 11.5 Å². The molecule has 2 heterocycles. The van der Waals surface area contributed by atoms with Crippen LogP contribution in [0.4, 0.5) is 5.69 Å². The molecule has 0 spiro atoms. The van der Waals surface area contributed by atoms with Crippen LogP contribution in [-0.2, 0) is 15.0 Å². The van der Waals surface area contributed by atoms with Crippen LogP contribution in [0.25, 0.3) is 5.76 Å². The van der Waals surface area contributed by atoms with Gasteiger partial charge in [0.2, 0.25) is 0 Å². The highest BCUT2D eigenvalue weighted by atomic mass is 16.5. The zero-order chi connectivity index (χ0) is 25.5. The molecule has 8 heteroatoms. The predicted octanol–water partition coefficient (Wildman–Crippen LogP) is 4.92. The third kappa shape index (κ3) is 4.16. The molecule has 35 heavy (non-hydrogen) atoms. The van der Waals surface area contributed by atoms with Crippen LogP contribution >= 0.6 is 0 Å². The number of ether oxygens (including phenoxy) is 2. The number of aliphatic hydroxyl groups is 1. The molecule has 1 unspecified atom stereocenters. The van der Waals surface area contributed by atoms with Gasteiger partial charge in [0.25, 0.3) is 11.7 Å². The van der Waals surface area contributed by atoms with E-state index < -0.39 is 17.7 Å². The summed E-state index contributed by atoms with van der Waals surface area (Å²) in [5.41, 5.74) is 2.33. The van der Waals surface area contributed by atoms with Gasteiger partial charge >= 0.3 is 0 Å². The Morgan fingerprint density at radius 1 is 1.03 bits per heavy atom. The minimum Gasteiger partial charge on any atom is -0.507 e. The Bertz CT molecular complexity index is 1310. The maximum atomic E-state index is 13.3. The first-order chi connectivity index (χ1) is 16.6. The number of carbonyl (C=O) groups excluding carboxylic acids is 2. The summed E-state index contributed by atoms with van der Waals surface area (Å²) >= 11 is 0. The van der Waals surface area contributed by atoms with Crippen LogP contribution in [-0.4, -0.2) is 36.2 Å². The quantitative estimate of drug-likeness (QED) is 0.317. The van der Waals surface area contributed by atoms with Crippen LogP contribution in [0.3, 0.4) is 0 Å². The van der Waals surface area contributed by atoms with E-state index in [1.807, 2.05) is 24.3 Å². The lowest BCUT2D eigenvalue weighted by Gasteiger charge is -2.25. The van der Waals surface area contributed by atoms with E-state index in [2.05, 4.69) is 25.9 Å². The van der Waals surface area contributed by atoms with Crippen LogP contribution < -0.4 is 14.4 Å². The number of ketones is 1. The van der Waals surface area contributed by atoms with E-state index >= 15 is 0 Å². The highest BCUT2D eigenvalue weighted by Crippen LogP contribution is 2.44. The Labute approximate surface area is 203 Å². The number of amides is 1. The second-order valence-corrected chi connectivity index (χ2v) is 9.38. The number of aromatic nitrogens is 1. The highest BCUT2D eigenvalue weighted by molar-refractivity contribution is 6.51. The number of anilines is 1. The van der Waals surface area contributed by atoms with E-state index in [9.17, 15) is 14.7 Å². The molecule has 0 bridgehead atoms. The van der Waals surface area contributed by atoms with Gasteiger partial charge in [-0.15, -0.1) is 0 Å². The molecule has 1 atom stereocenters. The van der Waals surface area contributed by atoms with E-state index in [0.717, 1.165) is 5.56 Å². The molecule has 8 nitrogen and oxygen atoms in total. The zero-order valence-corrected chi connectivity index (χ0v) is 20.6. The first-order valence-corrected chi connectivity index (χ1v) is 11.1. The minimum atomic E-state index is -0.879. The van der Waals surface area contributed by atoms with Crippen molar-refractivity contribution in [3.05, 3.63) is 76.7 Å². The average Bonchev–Trinajstić information content (AvgIpc) is 3.37. The summed E-state index contributed by atoms with van der Waals surface area (Å²) in [6.45, 7) is 7.97. The Hall–Kier alpha value is -4.07. The van der Waals surface area contributed by atoms with Gasteiger partial charge in [0.1, 0.15) is 11.4 Å². The molecular formula is C27H28N2O6. The number of methoxy groups -OCH3 is 2. The normalized spacial score (nSPS) is 17.7. The van der Waals surface area contributed by atoms with Gasteiger partial charge in [-0.3, -0.25) is 14.5 Å². The van der Waals surface area contributed by atoms with Gasteiger partial charge in [-0.25, -0.2) is 0 Å². The Morgan fingerprint density at radius 3 is 2.23 bits per heavy atom. The zero-order valence-electron chi connectivity index (χ0n) is 20.6. The SMILES string of the molecule is COc1ccc(/C(O)=C2\C(=O)C(=O)N(c3cnoc3C)C2c2ccc(C(C)(C)C)cc2)cc1OC. The molecule has 2 aromatic carbocycles. The second-order valence-electron chi connectivity index (χ2n) is 9.38. The summed E-state index contributed by atoms with van der Waals surface area (Å²) in [6.07, 6.45) is 1.40. The smallest absolute Gasteiger partial charge is 0.300 e. The van der Waals surface area contributed by atoms with Crippen molar-refractivity contribution in [3.8, 4) is 11.5 Å². The minimum absolute atomic E-state index is 0.0358. The van der Waals surface area contributed by atoms with Crippen molar-refractivity contribution in [2.24, 2.45) is 0 Å². The monoisotopic (exact) mass is 476 g/mol. The molecule has 1 saturated heterocycles. The third-order valence-corrected chi connectivity index (χ3v) is 6.18. The molecule has 1 N–H and O–H groups in total. The van der Waals surface area contributed by atoms with Crippen molar-refractivity contribution in [2.45, 2.75) is 39.2 Å². The Kier molecular flexibility index (Phi) is 6.15. The molecule has 0 radical (unpaired) electrons. The van der Waals surface area contributed by atoms with E-state index in [1.165, 1.54) is 25.3 Å². The predicted molar refractivity (Wildman–Crippen MR) is 131 cm³/mol. The van der Waals surface area contributed by atoms with Crippen LogP contribution in [0.15, 0.2) is 58.8 Å². The largest absolute Gasteiger partial charge is 0.507 e. The van der Waals surface area contributed by atoms with Crippen molar-refractivity contribution in [3.63, 3.8) is 0 Å². The van der Waals surface area contributed by atoms with Gasteiger partial charge < -0.3 is 19.1 Å². The standard InChI is InChI=1S/C27H28N2O6/c1-15-19(14-28-35-15)29-23(16-7-10-18(11-8-16)27(2,3)4)22(25(31)26(29)32)24(30)17-9-12-20(33-5)21(13-17)34-6/h7-14,23,30H,1-6H3/b24-22+. The van der Waals surface area contributed by atoms with Gasteiger partial charge in [0.15, 0.2) is 17.3 Å². The Balaban J connectivity index is 1.93. The molecule has 0 saturated carbocycles. The molecule has 1 aromatic heterocycles. The van der Waals surface area contributed by atoms with Crippen molar-refractivity contribution in [1.29, 1.82) is 0 Å². The summed E-state index contributed by atoms with van der Waals surface area (Å²) in [4.78, 5) is 27.9. The van der Waals surface area contributed by atoms with Crippen molar-refractivity contribution in [2.75, 3.05) is 19.1 Å². The molecule has 3 aromatic rings.